The number of ether oxygens (including phenoxy) is 1. The first-order valence-electron chi connectivity index (χ1n) is 6.87. The average molecular weight is 298 g/mol. The van der Waals surface area contributed by atoms with Gasteiger partial charge in [0.15, 0.2) is 0 Å². The van der Waals surface area contributed by atoms with Crippen molar-refractivity contribution in [3.05, 3.63) is 65.2 Å². The molecule has 0 aromatic heterocycles. The predicted octanol–water partition coefficient (Wildman–Crippen LogP) is 3.10. The number of hydrogen-bond donors (Lipinski definition) is 2. The molecule has 0 unspecified atom stereocenters. The summed E-state index contributed by atoms with van der Waals surface area (Å²) in [6.07, 6.45) is -0.513. The molecule has 0 atom stereocenters. The summed E-state index contributed by atoms with van der Waals surface area (Å²) in [6.45, 7) is 2.37. The zero-order chi connectivity index (χ0) is 15.9. The Hall–Kier alpha value is -2.82. The highest BCUT2D eigenvalue weighted by molar-refractivity contribution is 5.94. The number of amides is 2. The van der Waals surface area contributed by atoms with Gasteiger partial charge in [0, 0.05) is 17.8 Å². The normalized spacial score (nSPS) is 9.91. The molecular weight excluding hydrogens is 280 g/mol. The molecule has 22 heavy (non-hydrogen) atoms. The summed E-state index contributed by atoms with van der Waals surface area (Å²) in [6, 6.07) is 14.6. The zero-order valence-corrected chi connectivity index (χ0v) is 12.6. The molecule has 2 rings (SSSR count). The van der Waals surface area contributed by atoms with Crippen LogP contribution in [0.5, 0.6) is 0 Å². The van der Waals surface area contributed by atoms with Crippen molar-refractivity contribution in [2.75, 3.05) is 12.4 Å². The van der Waals surface area contributed by atoms with E-state index in [2.05, 4.69) is 15.4 Å². The summed E-state index contributed by atoms with van der Waals surface area (Å²) in [7, 11) is 1.31. The van der Waals surface area contributed by atoms with Gasteiger partial charge in [0.2, 0.25) is 0 Å². The molecule has 0 saturated heterocycles. The van der Waals surface area contributed by atoms with Crippen molar-refractivity contribution >= 4 is 17.7 Å². The number of benzene rings is 2. The molecule has 0 fully saturated rings. The third-order valence-electron chi connectivity index (χ3n) is 3.12. The van der Waals surface area contributed by atoms with Crippen LogP contribution < -0.4 is 10.6 Å². The molecule has 5 nitrogen and oxygen atoms in total. The third-order valence-corrected chi connectivity index (χ3v) is 3.12. The number of anilines is 1. The Morgan fingerprint density at radius 3 is 2.45 bits per heavy atom. The highest BCUT2D eigenvalue weighted by atomic mass is 16.5. The van der Waals surface area contributed by atoms with Crippen molar-refractivity contribution < 1.29 is 14.3 Å². The van der Waals surface area contributed by atoms with Gasteiger partial charge >= 0.3 is 6.09 Å². The Labute approximate surface area is 129 Å². The Kier molecular flexibility index (Phi) is 5.14. The molecule has 2 N–H and O–H groups in total. The number of rotatable bonds is 4. The van der Waals surface area contributed by atoms with Crippen molar-refractivity contribution in [2.24, 2.45) is 0 Å². The average Bonchev–Trinajstić information content (AvgIpc) is 2.53. The summed E-state index contributed by atoms with van der Waals surface area (Å²) in [5, 5.41) is 5.43. The lowest BCUT2D eigenvalue weighted by Crippen LogP contribution is -2.22. The Balaban J connectivity index is 1.91. The largest absolute Gasteiger partial charge is 0.453 e. The van der Waals surface area contributed by atoms with Gasteiger partial charge in [0.05, 0.1) is 7.11 Å². The van der Waals surface area contributed by atoms with Crippen molar-refractivity contribution in [3.8, 4) is 0 Å². The molecule has 0 bridgehead atoms. The monoisotopic (exact) mass is 298 g/mol. The lowest BCUT2D eigenvalue weighted by atomic mass is 10.1. The minimum atomic E-state index is -0.513. The first-order valence-corrected chi connectivity index (χ1v) is 6.87. The van der Waals surface area contributed by atoms with Gasteiger partial charge in [-0.2, -0.15) is 0 Å². The molecular formula is C17H18N2O3. The van der Waals surface area contributed by atoms with Crippen LogP contribution in [0.15, 0.2) is 48.5 Å². The van der Waals surface area contributed by atoms with Gasteiger partial charge in [-0.25, -0.2) is 4.79 Å². The molecule has 5 heteroatoms. The van der Waals surface area contributed by atoms with Crippen LogP contribution in [-0.2, 0) is 11.3 Å². The number of carbonyl (C=O) groups is 2. The van der Waals surface area contributed by atoms with Crippen LogP contribution in [0.25, 0.3) is 0 Å². The van der Waals surface area contributed by atoms with Gasteiger partial charge in [-0.3, -0.25) is 10.1 Å². The minimum absolute atomic E-state index is 0.111. The van der Waals surface area contributed by atoms with Gasteiger partial charge in [0.1, 0.15) is 0 Å². The van der Waals surface area contributed by atoms with Crippen molar-refractivity contribution in [1.82, 2.24) is 5.32 Å². The fourth-order valence-corrected chi connectivity index (χ4v) is 1.95. The molecule has 114 valence electrons. The zero-order valence-electron chi connectivity index (χ0n) is 12.6. The van der Waals surface area contributed by atoms with Crippen LogP contribution in [0.1, 0.15) is 21.5 Å². The number of aryl methyl sites for hydroxylation is 1. The van der Waals surface area contributed by atoms with E-state index in [1.54, 1.807) is 18.2 Å². The SMILES string of the molecule is COC(=O)Nc1ccc(CNC(=O)c2cccc(C)c2)cc1. The van der Waals surface area contributed by atoms with Gasteiger partial charge in [-0.15, -0.1) is 0 Å². The topological polar surface area (TPSA) is 67.4 Å². The van der Waals surface area contributed by atoms with Crippen molar-refractivity contribution in [2.45, 2.75) is 13.5 Å². The van der Waals surface area contributed by atoms with Crippen molar-refractivity contribution in [3.63, 3.8) is 0 Å². The Morgan fingerprint density at radius 2 is 1.82 bits per heavy atom. The smallest absolute Gasteiger partial charge is 0.411 e. The van der Waals surface area contributed by atoms with E-state index in [1.165, 1.54) is 7.11 Å². The highest BCUT2D eigenvalue weighted by Gasteiger charge is 2.05. The maximum atomic E-state index is 12.0. The van der Waals surface area contributed by atoms with Crippen LogP contribution in [0, 0.1) is 6.92 Å². The second-order valence-corrected chi connectivity index (χ2v) is 4.87. The van der Waals surface area contributed by atoms with E-state index >= 15 is 0 Å². The van der Waals surface area contributed by atoms with Crippen LogP contribution in [0.4, 0.5) is 10.5 Å². The molecule has 2 aromatic carbocycles. The maximum absolute atomic E-state index is 12.0. The number of methoxy groups -OCH3 is 1. The van der Waals surface area contributed by atoms with Gasteiger partial charge in [-0.1, -0.05) is 29.8 Å². The summed E-state index contributed by atoms with van der Waals surface area (Å²) >= 11 is 0. The van der Waals surface area contributed by atoms with Crippen LogP contribution in [0.2, 0.25) is 0 Å². The van der Waals surface area contributed by atoms with E-state index in [9.17, 15) is 9.59 Å². The minimum Gasteiger partial charge on any atom is -0.453 e. The van der Waals surface area contributed by atoms with E-state index in [0.29, 0.717) is 17.8 Å². The second kappa shape index (κ2) is 7.26. The van der Waals surface area contributed by atoms with Crippen LogP contribution in [0.3, 0.4) is 0 Å². The standard InChI is InChI=1S/C17H18N2O3/c1-12-4-3-5-14(10-12)16(20)18-11-13-6-8-15(9-7-13)19-17(21)22-2/h3-10H,11H2,1-2H3,(H,18,20)(H,19,21). The summed E-state index contributed by atoms with van der Waals surface area (Å²) in [5.74, 6) is -0.111. The molecule has 0 aliphatic carbocycles. The van der Waals surface area contributed by atoms with Gasteiger partial charge in [-0.05, 0) is 36.8 Å². The maximum Gasteiger partial charge on any atom is 0.411 e. The van der Waals surface area contributed by atoms with E-state index in [1.807, 2.05) is 37.3 Å². The van der Waals surface area contributed by atoms with E-state index < -0.39 is 6.09 Å². The molecule has 0 spiro atoms. The van der Waals surface area contributed by atoms with E-state index in [-0.39, 0.29) is 5.91 Å². The lowest BCUT2D eigenvalue weighted by Gasteiger charge is -2.08. The quantitative estimate of drug-likeness (QED) is 0.911. The summed E-state index contributed by atoms with van der Waals surface area (Å²) < 4.78 is 4.51. The molecule has 2 amide bonds. The predicted molar refractivity (Wildman–Crippen MR) is 84.8 cm³/mol. The highest BCUT2D eigenvalue weighted by Crippen LogP contribution is 2.10. The molecule has 0 aliphatic rings. The van der Waals surface area contributed by atoms with Crippen molar-refractivity contribution in [1.29, 1.82) is 0 Å². The lowest BCUT2D eigenvalue weighted by molar-refractivity contribution is 0.0951. The molecule has 0 radical (unpaired) electrons. The first kappa shape index (κ1) is 15.6. The number of hydrogen-bond acceptors (Lipinski definition) is 3. The number of nitrogens with one attached hydrogen (secondary N) is 2. The Bertz CT molecular complexity index is 666. The second-order valence-electron chi connectivity index (χ2n) is 4.87. The van der Waals surface area contributed by atoms with Gasteiger partial charge < -0.3 is 10.1 Å². The fourth-order valence-electron chi connectivity index (χ4n) is 1.95. The molecule has 0 heterocycles. The Morgan fingerprint density at radius 1 is 1.09 bits per heavy atom. The van der Waals surface area contributed by atoms with Gasteiger partial charge in [0.25, 0.3) is 5.91 Å². The summed E-state index contributed by atoms with van der Waals surface area (Å²) in [4.78, 5) is 23.1. The first-order chi connectivity index (χ1) is 10.6. The summed E-state index contributed by atoms with van der Waals surface area (Å²) in [5.41, 5.74) is 3.27. The van der Waals surface area contributed by atoms with Crippen LogP contribution >= 0.6 is 0 Å². The number of carbonyl (C=O) groups excluding carboxylic acids is 2. The third kappa shape index (κ3) is 4.34. The van der Waals surface area contributed by atoms with E-state index in [0.717, 1.165) is 11.1 Å². The molecule has 0 aliphatic heterocycles. The molecule has 2 aromatic rings. The van der Waals surface area contributed by atoms with Crippen LogP contribution in [-0.4, -0.2) is 19.1 Å². The molecule has 0 saturated carbocycles. The van der Waals surface area contributed by atoms with E-state index in [4.69, 9.17) is 0 Å². The fraction of sp³-hybridized carbons (Fsp3) is 0.176.